The quantitative estimate of drug-likeness (QED) is 0.284. The van der Waals surface area contributed by atoms with E-state index in [0.29, 0.717) is 4.57 Å². The number of alkyl halides is 6. The lowest BCUT2D eigenvalue weighted by Crippen LogP contribution is -2.19. The molecule has 2 aromatic carbocycles. The molecule has 0 radical (unpaired) electrons. The normalized spacial score (nSPS) is 17.5. The Hall–Kier alpha value is -3.32. The minimum Gasteiger partial charge on any atom is -0.496 e. The first-order valence-corrected chi connectivity index (χ1v) is 11.1. The number of hydrogen-bond donors (Lipinski definition) is 0. The first-order chi connectivity index (χ1) is 17.4. The molecule has 0 N–H and O–H groups in total. The summed E-state index contributed by atoms with van der Waals surface area (Å²) >= 11 is 6.15. The molecule has 0 spiro atoms. The van der Waals surface area contributed by atoms with Crippen molar-refractivity contribution in [2.24, 2.45) is 0 Å². The molecule has 0 fully saturated rings. The second-order valence-electron chi connectivity index (χ2n) is 7.86. The molecule has 37 heavy (non-hydrogen) atoms. The van der Waals surface area contributed by atoms with Gasteiger partial charge in [0.15, 0.2) is 5.82 Å². The molecule has 4 rings (SSSR count). The average molecular weight is 550 g/mol. The van der Waals surface area contributed by atoms with Crippen molar-refractivity contribution in [2.45, 2.75) is 37.9 Å². The Labute approximate surface area is 210 Å². The summed E-state index contributed by atoms with van der Waals surface area (Å²) in [7, 11) is 1.02. The van der Waals surface area contributed by atoms with Crippen molar-refractivity contribution in [3.8, 4) is 11.4 Å². The van der Waals surface area contributed by atoms with Gasteiger partial charge in [-0.2, -0.15) is 26.3 Å². The van der Waals surface area contributed by atoms with E-state index in [-0.39, 0.29) is 28.4 Å². The molecule has 1 aromatic heterocycles. The van der Waals surface area contributed by atoms with E-state index < -0.39 is 59.9 Å². The van der Waals surface area contributed by atoms with Gasteiger partial charge in [0.2, 0.25) is 5.82 Å². The molecular formula is C23H18ClF6N3O4. The highest BCUT2D eigenvalue weighted by atomic mass is 35.5. The van der Waals surface area contributed by atoms with E-state index in [4.69, 9.17) is 25.8 Å². The highest BCUT2D eigenvalue weighted by Gasteiger charge is 2.44. The van der Waals surface area contributed by atoms with Crippen molar-refractivity contribution < 1.29 is 45.3 Å². The highest BCUT2D eigenvalue weighted by Crippen LogP contribution is 2.48. The summed E-state index contributed by atoms with van der Waals surface area (Å²) in [4.78, 5) is 12.3. The molecule has 14 heteroatoms. The number of methoxy groups -OCH3 is 1. The van der Waals surface area contributed by atoms with Crippen molar-refractivity contribution in [3.63, 3.8) is 0 Å². The monoisotopic (exact) mass is 549 g/mol. The van der Waals surface area contributed by atoms with Crippen LogP contribution in [-0.2, 0) is 26.6 Å². The molecule has 1 aliphatic rings. The lowest BCUT2D eigenvalue weighted by Gasteiger charge is -2.25. The SMILES string of the molecule is CCOC(=O)C[C@H]1O[C@H](c2cccc(C(F)(F)F)c2OC)c2cc(Cl)ccc2-n2c1nnc2C(F)(F)F. The van der Waals surface area contributed by atoms with Crippen molar-refractivity contribution in [3.05, 3.63) is 69.8 Å². The largest absolute Gasteiger partial charge is 0.496 e. The molecule has 0 unspecified atom stereocenters. The Kier molecular flexibility index (Phi) is 7.12. The topological polar surface area (TPSA) is 75.5 Å². The summed E-state index contributed by atoms with van der Waals surface area (Å²) in [5.41, 5.74) is -1.45. The van der Waals surface area contributed by atoms with Crippen molar-refractivity contribution >= 4 is 17.6 Å². The van der Waals surface area contributed by atoms with Gasteiger partial charge in [-0.15, -0.1) is 10.2 Å². The summed E-state index contributed by atoms with van der Waals surface area (Å²) in [5.74, 6) is -3.23. The molecule has 0 bridgehead atoms. The van der Waals surface area contributed by atoms with E-state index >= 15 is 0 Å². The van der Waals surface area contributed by atoms with Crippen LogP contribution in [0.1, 0.15) is 53.9 Å². The van der Waals surface area contributed by atoms with Crippen LogP contribution in [0.2, 0.25) is 5.02 Å². The van der Waals surface area contributed by atoms with Crippen LogP contribution in [-0.4, -0.2) is 34.5 Å². The average Bonchev–Trinajstić information content (AvgIpc) is 3.22. The van der Waals surface area contributed by atoms with E-state index in [1.54, 1.807) is 0 Å². The van der Waals surface area contributed by atoms with Gasteiger partial charge in [-0.05, 0) is 31.2 Å². The van der Waals surface area contributed by atoms with E-state index in [0.717, 1.165) is 19.2 Å². The van der Waals surface area contributed by atoms with E-state index in [2.05, 4.69) is 10.2 Å². The highest BCUT2D eigenvalue weighted by molar-refractivity contribution is 6.30. The fraction of sp³-hybridized carbons (Fsp3) is 0.348. The summed E-state index contributed by atoms with van der Waals surface area (Å²) in [6, 6.07) is 6.99. The van der Waals surface area contributed by atoms with Gasteiger partial charge in [0.1, 0.15) is 18.0 Å². The molecule has 0 amide bonds. The fourth-order valence-electron chi connectivity index (χ4n) is 4.13. The van der Waals surface area contributed by atoms with Gasteiger partial charge in [-0.3, -0.25) is 9.36 Å². The Balaban J connectivity index is 2.02. The summed E-state index contributed by atoms with van der Waals surface area (Å²) in [5, 5.41) is 6.98. The zero-order valence-corrected chi connectivity index (χ0v) is 19.9. The van der Waals surface area contributed by atoms with Crippen LogP contribution in [0.3, 0.4) is 0 Å². The minimum absolute atomic E-state index is 0.0211. The van der Waals surface area contributed by atoms with Crippen molar-refractivity contribution in [1.29, 1.82) is 0 Å². The number of hydrogen-bond acceptors (Lipinski definition) is 6. The Morgan fingerprint density at radius 2 is 1.81 bits per heavy atom. The Morgan fingerprint density at radius 3 is 2.43 bits per heavy atom. The third kappa shape index (κ3) is 5.10. The first kappa shape index (κ1) is 26.7. The first-order valence-electron chi connectivity index (χ1n) is 10.7. The lowest BCUT2D eigenvalue weighted by molar-refractivity contribution is -0.147. The van der Waals surface area contributed by atoms with E-state index in [9.17, 15) is 31.1 Å². The number of para-hydroxylation sites is 1. The van der Waals surface area contributed by atoms with E-state index in [1.165, 1.54) is 31.2 Å². The van der Waals surface area contributed by atoms with Crippen LogP contribution in [0.4, 0.5) is 26.3 Å². The summed E-state index contributed by atoms with van der Waals surface area (Å²) in [6.45, 7) is 1.51. The van der Waals surface area contributed by atoms with Gasteiger partial charge < -0.3 is 14.2 Å². The predicted molar refractivity (Wildman–Crippen MR) is 116 cm³/mol. The number of esters is 1. The lowest BCUT2D eigenvalue weighted by atomic mass is 9.96. The maximum Gasteiger partial charge on any atom is 0.452 e. The third-order valence-electron chi connectivity index (χ3n) is 5.54. The zero-order chi connectivity index (χ0) is 27.1. The van der Waals surface area contributed by atoms with Crippen LogP contribution in [0.25, 0.3) is 5.69 Å². The molecule has 0 aliphatic carbocycles. The number of carbonyl (C=O) groups excluding carboxylic acids is 1. The second kappa shape index (κ2) is 9.86. The summed E-state index contributed by atoms with van der Waals surface area (Å²) < 4.78 is 99.8. The number of nitrogens with zero attached hydrogens (tertiary/aromatic N) is 3. The number of halogens is 7. The van der Waals surface area contributed by atoms with Gasteiger partial charge in [-0.25, -0.2) is 0 Å². The number of benzene rings is 2. The Bertz CT molecular complexity index is 1320. The predicted octanol–water partition coefficient (Wildman–Crippen LogP) is 6.08. The molecule has 7 nitrogen and oxygen atoms in total. The number of ether oxygens (including phenoxy) is 3. The van der Waals surface area contributed by atoms with Crippen LogP contribution < -0.4 is 4.74 Å². The third-order valence-corrected chi connectivity index (χ3v) is 5.77. The molecule has 198 valence electrons. The van der Waals surface area contributed by atoms with Crippen LogP contribution in [0.5, 0.6) is 5.75 Å². The smallest absolute Gasteiger partial charge is 0.452 e. The Morgan fingerprint density at radius 1 is 1.08 bits per heavy atom. The maximum absolute atomic E-state index is 13.9. The van der Waals surface area contributed by atoms with E-state index in [1.807, 2.05) is 0 Å². The van der Waals surface area contributed by atoms with Crippen LogP contribution in [0.15, 0.2) is 36.4 Å². The standard InChI is InChI=1S/C23H18ClF6N3O4/c1-3-36-17(34)10-16-20-31-32-21(23(28,29)30)33(20)15-8-7-11(24)9-13(15)18(37-16)12-5-4-6-14(19(12)35-2)22(25,26)27/h4-9,16,18H,3,10H2,1-2H3/t16-,18-/m1/s1. The van der Waals surface area contributed by atoms with Crippen LogP contribution in [0, 0.1) is 0 Å². The molecule has 0 saturated heterocycles. The molecule has 2 atom stereocenters. The van der Waals surface area contributed by atoms with Gasteiger partial charge in [0.05, 0.1) is 31.4 Å². The summed E-state index contributed by atoms with van der Waals surface area (Å²) in [6.07, 6.45) is -13.3. The van der Waals surface area contributed by atoms with Gasteiger partial charge in [-0.1, -0.05) is 23.7 Å². The second-order valence-corrected chi connectivity index (χ2v) is 8.29. The molecule has 1 aliphatic heterocycles. The van der Waals surface area contributed by atoms with Gasteiger partial charge in [0, 0.05) is 16.1 Å². The van der Waals surface area contributed by atoms with Crippen molar-refractivity contribution in [2.75, 3.05) is 13.7 Å². The fourth-order valence-corrected chi connectivity index (χ4v) is 4.31. The number of fused-ring (bicyclic) bond motifs is 3. The molecular weight excluding hydrogens is 532 g/mol. The number of aromatic nitrogens is 3. The number of carbonyl (C=O) groups is 1. The number of rotatable bonds is 5. The zero-order valence-electron chi connectivity index (χ0n) is 19.2. The molecule has 0 saturated carbocycles. The van der Waals surface area contributed by atoms with Crippen molar-refractivity contribution in [1.82, 2.24) is 14.8 Å². The molecule has 3 aromatic rings. The maximum atomic E-state index is 13.9. The van der Waals surface area contributed by atoms with Gasteiger partial charge in [0.25, 0.3) is 0 Å². The van der Waals surface area contributed by atoms with Gasteiger partial charge >= 0.3 is 18.3 Å². The molecule has 2 heterocycles. The van der Waals surface area contributed by atoms with Crippen LogP contribution >= 0.6 is 11.6 Å². The minimum atomic E-state index is -4.97.